The Kier molecular flexibility index (Phi) is 4.22. The first-order chi connectivity index (χ1) is 13.4. The molecular weight excluding hydrogens is 395 g/mol. The van der Waals surface area contributed by atoms with Gasteiger partial charge in [-0.1, -0.05) is 29.3 Å². The Bertz CT molecular complexity index is 1030. The number of Topliss-reactive ketones (excluding diaryl/α,β-unsaturated/α-hetero) is 1. The lowest BCUT2D eigenvalue weighted by atomic mass is 9.80. The first-order valence-electron chi connectivity index (χ1n) is 9.65. The Morgan fingerprint density at radius 3 is 2.50 bits per heavy atom. The highest BCUT2D eigenvalue weighted by Gasteiger charge is 2.57. The average Bonchev–Trinajstić information content (AvgIpc) is 3.33. The van der Waals surface area contributed by atoms with Gasteiger partial charge in [-0.3, -0.25) is 4.79 Å². The first-order valence-corrected chi connectivity index (χ1v) is 10.4. The standard InChI is InChI=1S/C23H20Cl2O3/c1-11-2-6-15(28-18-7-5-14(24)9-17(18)25)10-16(11)21-22(26)19-12-3-4-13(8-12)20(19)23(21)27/h2,5-7,9-10,12-13,19-20,26H,3-4,8H2,1H3/t12-,13+,19-,20+/m0/s1. The van der Waals surface area contributed by atoms with E-state index in [0.29, 0.717) is 39.0 Å². The van der Waals surface area contributed by atoms with Gasteiger partial charge in [0, 0.05) is 16.9 Å². The van der Waals surface area contributed by atoms with E-state index in [0.717, 1.165) is 30.4 Å². The molecule has 4 atom stereocenters. The zero-order chi connectivity index (χ0) is 19.6. The van der Waals surface area contributed by atoms with Crippen LogP contribution in [0.4, 0.5) is 0 Å². The highest BCUT2D eigenvalue weighted by Crippen LogP contribution is 2.60. The number of aliphatic hydroxyl groups excluding tert-OH is 1. The number of aliphatic hydroxyl groups is 1. The minimum absolute atomic E-state index is 0.0101. The Morgan fingerprint density at radius 2 is 1.79 bits per heavy atom. The van der Waals surface area contributed by atoms with Crippen LogP contribution in [-0.4, -0.2) is 10.9 Å². The van der Waals surface area contributed by atoms with Gasteiger partial charge >= 0.3 is 0 Å². The molecule has 144 valence electrons. The molecule has 2 bridgehead atoms. The van der Waals surface area contributed by atoms with Crippen molar-refractivity contribution in [2.45, 2.75) is 26.2 Å². The predicted molar refractivity (Wildman–Crippen MR) is 110 cm³/mol. The Balaban J connectivity index is 1.52. The van der Waals surface area contributed by atoms with Crippen LogP contribution >= 0.6 is 23.2 Å². The molecule has 1 N–H and O–H groups in total. The number of benzene rings is 2. The summed E-state index contributed by atoms with van der Waals surface area (Å²) in [7, 11) is 0. The molecule has 2 saturated carbocycles. The van der Waals surface area contributed by atoms with E-state index < -0.39 is 0 Å². The number of hydrogen-bond donors (Lipinski definition) is 1. The number of rotatable bonds is 3. The molecule has 0 aromatic heterocycles. The van der Waals surface area contributed by atoms with E-state index in [9.17, 15) is 9.90 Å². The number of ketones is 1. The third kappa shape index (κ3) is 2.67. The minimum Gasteiger partial charge on any atom is -0.511 e. The van der Waals surface area contributed by atoms with Crippen LogP contribution in [0, 0.1) is 30.6 Å². The van der Waals surface area contributed by atoms with Crippen molar-refractivity contribution >= 4 is 34.6 Å². The number of allylic oxidation sites excluding steroid dienone is 2. The maximum atomic E-state index is 13.2. The van der Waals surface area contributed by atoms with Gasteiger partial charge in [-0.05, 0) is 79.5 Å². The molecule has 0 amide bonds. The summed E-state index contributed by atoms with van der Waals surface area (Å²) in [5.41, 5.74) is 2.17. The topological polar surface area (TPSA) is 46.5 Å². The molecule has 2 aromatic rings. The Morgan fingerprint density at radius 1 is 1.04 bits per heavy atom. The van der Waals surface area contributed by atoms with E-state index in [1.54, 1.807) is 18.2 Å². The summed E-state index contributed by atoms with van der Waals surface area (Å²) >= 11 is 12.2. The van der Waals surface area contributed by atoms with Crippen molar-refractivity contribution in [1.29, 1.82) is 0 Å². The first kappa shape index (κ1) is 18.1. The number of aryl methyl sites for hydroxylation is 1. The molecule has 3 nitrogen and oxygen atoms in total. The Hall–Kier alpha value is -1.97. The summed E-state index contributed by atoms with van der Waals surface area (Å²) < 4.78 is 5.93. The van der Waals surface area contributed by atoms with E-state index in [-0.39, 0.29) is 23.4 Å². The van der Waals surface area contributed by atoms with Crippen molar-refractivity contribution in [1.82, 2.24) is 0 Å². The number of hydrogen-bond acceptors (Lipinski definition) is 3. The van der Waals surface area contributed by atoms with E-state index in [4.69, 9.17) is 27.9 Å². The van der Waals surface area contributed by atoms with E-state index in [1.807, 2.05) is 25.1 Å². The second-order valence-electron chi connectivity index (χ2n) is 8.16. The van der Waals surface area contributed by atoms with Crippen molar-refractivity contribution in [3.05, 3.63) is 63.3 Å². The van der Waals surface area contributed by atoms with E-state index >= 15 is 0 Å². The van der Waals surface area contributed by atoms with Crippen LogP contribution in [0.15, 0.2) is 42.2 Å². The zero-order valence-electron chi connectivity index (χ0n) is 15.4. The third-order valence-electron chi connectivity index (χ3n) is 6.64. The van der Waals surface area contributed by atoms with Crippen LogP contribution in [0.2, 0.25) is 10.0 Å². The van der Waals surface area contributed by atoms with Crippen molar-refractivity contribution < 1.29 is 14.6 Å². The molecule has 5 heteroatoms. The second-order valence-corrected chi connectivity index (χ2v) is 9.01. The quantitative estimate of drug-likeness (QED) is 0.614. The molecule has 0 saturated heterocycles. The van der Waals surface area contributed by atoms with Crippen LogP contribution in [-0.2, 0) is 4.79 Å². The van der Waals surface area contributed by atoms with Gasteiger partial charge in [-0.15, -0.1) is 0 Å². The van der Waals surface area contributed by atoms with Gasteiger partial charge in [0.05, 0.1) is 10.6 Å². The molecule has 0 heterocycles. The van der Waals surface area contributed by atoms with Crippen LogP contribution < -0.4 is 4.74 Å². The van der Waals surface area contributed by atoms with Crippen LogP contribution in [0.1, 0.15) is 30.4 Å². The molecule has 28 heavy (non-hydrogen) atoms. The summed E-state index contributed by atoms with van der Waals surface area (Å²) in [5, 5.41) is 11.9. The van der Waals surface area contributed by atoms with Gasteiger partial charge < -0.3 is 9.84 Å². The van der Waals surface area contributed by atoms with Crippen LogP contribution in [0.5, 0.6) is 11.5 Å². The van der Waals surface area contributed by atoms with Crippen molar-refractivity contribution in [2.24, 2.45) is 23.7 Å². The van der Waals surface area contributed by atoms with Gasteiger partial charge in [0.1, 0.15) is 17.3 Å². The smallest absolute Gasteiger partial charge is 0.170 e. The zero-order valence-corrected chi connectivity index (χ0v) is 16.9. The average molecular weight is 415 g/mol. The summed E-state index contributed by atoms with van der Waals surface area (Å²) in [6.45, 7) is 1.95. The summed E-state index contributed by atoms with van der Waals surface area (Å²) in [4.78, 5) is 13.2. The minimum atomic E-state index is -0.0385. The molecule has 2 aromatic carbocycles. The normalized spacial score (nSPS) is 28.2. The fourth-order valence-electron chi connectivity index (χ4n) is 5.41. The Labute approximate surface area is 173 Å². The summed E-state index contributed by atoms with van der Waals surface area (Å²) in [5.74, 6) is 2.29. The molecule has 5 rings (SSSR count). The van der Waals surface area contributed by atoms with Gasteiger partial charge in [0.2, 0.25) is 0 Å². The predicted octanol–water partition coefficient (Wildman–Crippen LogP) is 6.61. The van der Waals surface area contributed by atoms with E-state index in [1.165, 1.54) is 0 Å². The van der Waals surface area contributed by atoms with Gasteiger partial charge in [0.15, 0.2) is 5.78 Å². The monoisotopic (exact) mass is 414 g/mol. The second kappa shape index (κ2) is 6.53. The lowest BCUT2D eigenvalue weighted by Gasteiger charge is -2.23. The fourth-order valence-corrected chi connectivity index (χ4v) is 5.86. The number of ether oxygens (including phenoxy) is 1. The third-order valence-corrected chi connectivity index (χ3v) is 7.17. The van der Waals surface area contributed by atoms with Crippen molar-refractivity contribution in [3.63, 3.8) is 0 Å². The van der Waals surface area contributed by atoms with Gasteiger partial charge in [0.25, 0.3) is 0 Å². The lowest BCUT2D eigenvalue weighted by molar-refractivity contribution is -0.118. The maximum absolute atomic E-state index is 13.2. The lowest BCUT2D eigenvalue weighted by Crippen LogP contribution is -2.24. The molecule has 3 aliphatic carbocycles. The van der Waals surface area contributed by atoms with Gasteiger partial charge in [-0.25, -0.2) is 0 Å². The highest BCUT2D eigenvalue weighted by molar-refractivity contribution is 6.35. The van der Waals surface area contributed by atoms with Crippen molar-refractivity contribution in [2.75, 3.05) is 0 Å². The molecule has 2 fully saturated rings. The SMILES string of the molecule is Cc1ccc(Oc2ccc(Cl)cc2Cl)cc1C1=C(O)[C@H]2[C@H]3CC[C@H](C3)[C@H]2C1=O. The molecule has 0 aliphatic heterocycles. The van der Waals surface area contributed by atoms with Crippen LogP contribution in [0.25, 0.3) is 5.57 Å². The van der Waals surface area contributed by atoms with E-state index in [2.05, 4.69) is 0 Å². The summed E-state index contributed by atoms with van der Waals surface area (Å²) in [6, 6.07) is 10.6. The fraction of sp³-hybridized carbons (Fsp3) is 0.348. The number of carbonyl (C=O) groups is 1. The maximum Gasteiger partial charge on any atom is 0.170 e. The highest BCUT2D eigenvalue weighted by atomic mass is 35.5. The molecular formula is C23H20Cl2O3. The molecule has 3 aliphatic rings. The van der Waals surface area contributed by atoms with Crippen molar-refractivity contribution in [3.8, 4) is 11.5 Å². The number of fused-ring (bicyclic) bond motifs is 5. The summed E-state index contributed by atoms with van der Waals surface area (Å²) in [6.07, 6.45) is 3.30. The molecule has 0 unspecified atom stereocenters. The van der Waals surface area contributed by atoms with Gasteiger partial charge in [-0.2, -0.15) is 0 Å². The largest absolute Gasteiger partial charge is 0.511 e. The number of carbonyl (C=O) groups excluding carboxylic acids is 1. The molecule has 0 radical (unpaired) electrons. The van der Waals surface area contributed by atoms with Crippen LogP contribution in [0.3, 0.4) is 0 Å². The number of halogens is 2. The molecule has 0 spiro atoms.